The van der Waals surface area contributed by atoms with Gasteiger partial charge in [-0.15, -0.1) is 11.6 Å². The summed E-state index contributed by atoms with van der Waals surface area (Å²) in [6.45, 7) is -3.67. The molecule has 0 atom stereocenters. The molecule has 0 spiro atoms. The zero-order chi connectivity index (χ0) is 8.78. The molecule has 0 heterocycles. The summed E-state index contributed by atoms with van der Waals surface area (Å²) in [6.07, 6.45) is 0. The lowest BCUT2D eigenvalue weighted by Gasteiger charge is -1.96. The molecule has 0 unspecified atom stereocenters. The Bertz CT molecular complexity index is 67.0. The van der Waals surface area contributed by atoms with Crippen LogP contribution in [0.3, 0.4) is 0 Å². The van der Waals surface area contributed by atoms with Gasteiger partial charge >= 0.3 is 12.1 Å². The maximum absolute atomic E-state index is 11.1. The Morgan fingerprint density at radius 1 is 1.20 bits per heavy atom. The highest BCUT2D eigenvalue weighted by molar-refractivity contribution is 6.28. The Morgan fingerprint density at radius 3 is 1.30 bits per heavy atom. The van der Waals surface area contributed by atoms with E-state index in [4.69, 9.17) is 0 Å². The molecule has 0 aromatic rings. The fourth-order valence-corrected chi connectivity index (χ4v) is 0. The molecule has 0 amide bonds. The second kappa shape index (κ2) is 5.97. The van der Waals surface area contributed by atoms with Gasteiger partial charge in [-0.1, -0.05) is 0 Å². The average Bonchev–Trinajstić information content (AvgIpc) is 1.63. The molecule has 0 saturated carbocycles. The molecule has 0 aromatic carbocycles. The minimum absolute atomic E-state index is 0.825. The zero-order valence-electron chi connectivity index (χ0n) is 4.43. The van der Waals surface area contributed by atoms with Crippen LogP contribution in [0.25, 0.3) is 0 Å². The van der Waals surface area contributed by atoms with E-state index in [9.17, 15) is 22.0 Å². The van der Waals surface area contributed by atoms with Gasteiger partial charge in [-0.25, -0.2) is 0 Å². The van der Waals surface area contributed by atoms with E-state index in [1.165, 1.54) is 0 Å². The number of rotatable bonds is 1. The fourth-order valence-electron chi connectivity index (χ4n) is 0. The largest absolute Gasteiger partial charge is 0.379 e. The Hall–Kier alpha value is 0.230. The highest BCUT2D eigenvalue weighted by Crippen LogP contribution is 2.18. The third kappa shape index (κ3) is 41.2. The molecule has 0 radical (unpaired) electrons. The minimum Gasteiger partial charge on any atom is -0.187 e. The van der Waals surface area contributed by atoms with Crippen molar-refractivity contribution in [3.8, 4) is 0 Å². The van der Waals surface area contributed by atoms with Crippen LogP contribution in [0.2, 0.25) is 0 Å². The smallest absolute Gasteiger partial charge is 0.187 e. The number of alkyl halides is 7. The molecule has 0 aliphatic heterocycles. The number of hydrogen-bond donors (Lipinski definition) is 0. The van der Waals surface area contributed by atoms with Crippen molar-refractivity contribution in [2.75, 3.05) is 5.88 Å². The van der Waals surface area contributed by atoms with Crippen molar-refractivity contribution >= 4 is 23.2 Å². The van der Waals surface area contributed by atoms with E-state index in [1.54, 1.807) is 0 Å². The van der Waals surface area contributed by atoms with Crippen LogP contribution < -0.4 is 0 Å². The van der Waals surface area contributed by atoms with E-state index in [1.807, 2.05) is 0 Å². The van der Waals surface area contributed by atoms with Gasteiger partial charge in [0.2, 0.25) is 0 Å². The van der Waals surface area contributed by atoms with Gasteiger partial charge < -0.3 is 0 Å². The van der Waals surface area contributed by atoms with Crippen molar-refractivity contribution in [3.63, 3.8) is 0 Å². The predicted octanol–water partition coefficient (Wildman–Crippen LogP) is 3.24. The molecular formula is C3H3Cl2F5. The van der Waals surface area contributed by atoms with Crippen LogP contribution in [0.5, 0.6) is 0 Å². The Balaban J connectivity index is 0. The quantitative estimate of drug-likeness (QED) is 0.455. The van der Waals surface area contributed by atoms with E-state index in [-0.39, 0.29) is 0 Å². The summed E-state index contributed by atoms with van der Waals surface area (Å²) in [5.41, 5.74) is 0. The van der Waals surface area contributed by atoms with Gasteiger partial charge in [-0.3, -0.25) is 0 Å². The Kier molecular flexibility index (Phi) is 7.69. The Labute approximate surface area is 63.9 Å². The summed E-state index contributed by atoms with van der Waals surface area (Å²) in [5.74, 6) is -0.825. The molecule has 0 N–H and O–H groups in total. The summed E-state index contributed by atoms with van der Waals surface area (Å²) in [5, 5.41) is -3.22. The van der Waals surface area contributed by atoms with E-state index in [0.717, 1.165) is 0 Å². The Morgan fingerprint density at radius 2 is 1.30 bits per heavy atom. The van der Waals surface area contributed by atoms with Crippen LogP contribution in [-0.4, -0.2) is 17.9 Å². The van der Waals surface area contributed by atoms with Gasteiger partial charge in [0.1, 0.15) is 5.88 Å². The lowest BCUT2D eigenvalue weighted by molar-refractivity contribution is 0.00819. The SMILES string of the molecule is FC(F)(Cl)CCl.FC(F)F. The van der Waals surface area contributed by atoms with E-state index < -0.39 is 17.9 Å². The number of hydrogen-bond acceptors (Lipinski definition) is 0. The van der Waals surface area contributed by atoms with Crippen LogP contribution in [0, 0.1) is 0 Å². The van der Waals surface area contributed by atoms with Crippen molar-refractivity contribution in [1.29, 1.82) is 0 Å². The van der Waals surface area contributed by atoms with Gasteiger partial charge in [0.25, 0.3) is 0 Å². The van der Waals surface area contributed by atoms with Crippen molar-refractivity contribution in [2.24, 2.45) is 0 Å². The number of halogens is 7. The normalized spacial score (nSPS) is 10.8. The topological polar surface area (TPSA) is 0 Å². The molecule has 0 bridgehead atoms. The maximum atomic E-state index is 11.1. The van der Waals surface area contributed by atoms with Gasteiger partial charge in [0.05, 0.1) is 0 Å². The first-order valence-electron chi connectivity index (χ1n) is 1.84. The van der Waals surface area contributed by atoms with E-state index >= 15 is 0 Å². The first-order valence-corrected chi connectivity index (χ1v) is 2.75. The van der Waals surface area contributed by atoms with E-state index in [0.29, 0.717) is 0 Å². The molecule has 64 valence electrons. The zero-order valence-corrected chi connectivity index (χ0v) is 5.94. The molecule has 7 heteroatoms. The maximum Gasteiger partial charge on any atom is 0.379 e. The molecule has 0 aliphatic rings. The van der Waals surface area contributed by atoms with Crippen molar-refractivity contribution in [2.45, 2.75) is 12.1 Å². The second-order valence-electron chi connectivity index (χ2n) is 0.996. The first-order chi connectivity index (χ1) is 4.29. The van der Waals surface area contributed by atoms with Crippen LogP contribution in [-0.2, 0) is 0 Å². The molecule has 0 rings (SSSR count). The van der Waals surface area contributed by atoms with Crippen molar-refractivity contribution in [1.82, 2.24) is 0 Å². The monoisotopic (exact) mass is 204 g/mol. The standard InChI is InChI=1S/C2H2Cl2F2.CHF3/c3-1-2(4,5)6;2-1(3)4/h1H2;1H. The van der Waals surface area contributed by atoms with Crippen LogP contribution >= 0.6 is 23.2 Å². The third-order valence-corrected chi connectivity index (χ3v) is 0.758. The molecule has 0 fully saturated rings. The van der Waals surface area contributed by atoms with Crippen LogP contribution in [0.1, 0.15) is 0 Å². The highest BCUT2D eigenvalue weighted by Gasteiger charge is 2.21. The lowest BCUT2D eigenvalue weighted by Crippen LogP contribution is -2.05. The fraction of sp³-hybridized carbons (Fsp3) is 1.00. The first kappa shape index (κ1) is 12.9. The van der Waals surface area contributed by atoms with E-state index in [2.05, 4.69) is 23.2 Å². The second-order valence-corrected chi connectivity index (χ2v) is 1.82. The predicted molar refractivity (Wildman–Crippen MR) is 28.6 cm³/mol. The van der Waals surface area contributed by atoms with Crippen molar-refractivity contribution < 1.29 is 22.0 Å². The summed E-state index contributed by atoms with van der Waals surface area (Å²) in [4.78, 5) is 0. The average molecular weight is 205 g/mol. The minimum atomic E-state index is -3.67. The lowest BCUT2D eigenvalue weighted by atomic mass is 10.8. The summed E-state index contributed by atoms with van der Waals surface area (Å²) < 4.78 is 51.2. The molecule has 0 nitrogen and oxygen atoms in total. The van der Waals surface area contributed by atoms with Gasteiger partial charge in [-0.2, -0.15) is 22.0 Å². The molecular weight excluding hydrogens is 202 g/mol. The summed E-state index contributed by atoms with van der Waals surface area (Å²) in [6, 6.07) is 0. The van der Waals surface area contributed by atoms with Crippen LogP contribution in [0.15, 0.2) is 0 Å². The molecule has 0 saturated heterocycles. The van der Waals surface area contributed by atoms with Gasteiger partial charge in [0, 0.05) is 0 Å². The van der Waals surface area contributed by atoms with Crippen molar-refractivity contribution in [3.05, 3.63) is 0 Å². The molecule has 0 aliphatic carbocycles. The summed E-state index contributed by atoms with van der Waals surface area (Å²) in [7, 11) is 0. The van der Waals surface area contributed by atoms with Crippen LogP contribution in [0.4, 0.5) is 22.0 Å². The van der Waals surface area contributed by atoms with Gasteiger partial charge in [0.15, 0.2) is 0 Å². The summed E-state index contributed by atoms with van der Waals surface area (Å²) >= 11 is 8.85. The van der Waals surface area contributed by atoms with Gasteiger partial charge in [-0.05, 0) is 11.6 Å². The third-order valence-electron chi connectivity index (χ3n) is 0.152. The molecule has 0 aromatic heterocycles. The molecule has 10 heavy (non-hydrogen) atoms. The highest BCUT2D eigenvalue weighted by atomic mass is 35.5.